The topological polar surface area (TPSA) is 88.4 Å². The minimum atomic E-state index is -3.58. The molecule has 128 valence electrons. The highest BCUT2D eigenvalue weighted by atomic mass is 32.2. The maximum absolute atomic E-state index is 12.1. The van der Waals surface area contributed by atoms with Crippen LogP contribution in [0.3, 0.4) is 0 Å². The molecule has 0 spiro atoms. The number of benzene rings is 1. The lowest BCUT2D eigenvalue weighted by Gasteiger charge is -2.04. The summed E-state index contributed by atoms with van der Waals surface area (Å²) in [5.41, 5.74) is 0. The smallest absolute Gasteiger partial charge is 0.244 e. The molecule has 0 saturated carbocycles. The zero-order valence-electron chi connectivity index (χ0n) is 13.4. The molecule has 0 aliphatic rings. The first-order valence-electron chi connectivity index (χ1n) is 7.60. The number of hydrogen-bond donors (Lipinski definition) is 2. The number of sulfonamides is 1. The number of hydrogen-bond acceptors (Lipinski definition) is 4. The number of furan rings is 1. The Balaban J connectivity index is 1.92. The second-order valence-corrected chi connectivity index (χ2v) is 6.83. The van der Waals surface area contributed by atoms with Gasteiger partial charge in [-0.3, -0.25) is 4.79 Å². The Hall–Kier alpha value is -2.38. The molecule has 0 saturated heterocycles. The van der Waals surface area contributed by atoms with Crippen molar-refractivity contribution >= 4 is 22.0 Å². The van der Waals surface area contributed by atoms with Crippen LogP contribution in [0, 0.1) is 0 Å². The summed E-state index contributed by atoms with van der Waals surface area (Å²) in [6, 6.07) is 11.5. The van der Waals surface area contributed by atoms with Crippen LogP contribution in [0.2, 0.25) is 0 Å². The summed E-state index contributed by atoms with van der Waals surface area (Å²) >= 11 is 0. The molecule has 1 aromatic carbocycles. The normalized spacial score (nSPS) is 11.7. The van der Waals surface area contributed by atoms with Gasteiger partial charge < -0.3 is 9.73 Å². The second kappa shape index (κ2) is 8.47. The van der Waals surface area contributed by atoms with Crippen LogP contribution in [0.1, 0.15) is 24.9 Å². The number of carbonyl (C=O) groups excluding carboxylic acids is 1. The van der Waals surface area contributed by atoms with Crippen LogP contribution in [-0.4, -0.2) is 20.9 Å². The second-order valence-electron chi connectivity index (χ2n) is 5.07. The van der Waals surface area contributed by atoms with Crippen LogP contribution >= 0.6 is 0 Å². The van der Waals surface area contributed by atoms with E-state index in [4.69, 9.17) is 4.42 Å². The summed E-state index contributed by atoms with van der Waals surface area (Å²) in [6.07, 6.45) is 3.79. The average Bonchev–Trinajstić information content (AvgIpc) is 3.05. The molecule has 6 nitrogen and oxygen atoms in total. The zero-order chi connectivity index (χ0) is 17.4. The first-order chi connectivity index (χ1) is 11.5. The van der Waals surface area contributed by atoms with Crippen LogP contribution in [0.25, 0.3) is 6.08 Å². The van der Waals surface area contributed by atoms with Gasteiger partial charge in [0.2, 0.25) is 15.9 Å². The molecule has 1 amide bonds. The number of amides is 1. The van der Waals surface area contributed by atoms with Crippen LogP contribution in [0.15, 0.2) is 57.9 Å². The molecule has 1 aromatic heterocycles. The van der Waals surface area contributed by atoms with Crippen molar-refractivity contribution in [2.75, 3.05) is 6.54 Å². The van der Waals surface area contributed by atoms with E-state index in [1.54, 1.807) is 36.4 Å². The van der Waals surface area contributed by atoms with Crippen molar-refractivity contribution in [1.82, 2.24) is 10.0 Å². The maximum Gasteiger partial charge on any atom is 0.244 e. The van der Waals surface area contributed by atoms with Crippen molar-refractivity contribution < 1.29 is 17.6 Å². The zero-order valence-corrected chi connectivity index (χ0v) is 14.2. The minimum absolute atomic E-state index is 0.0348. The lowest BCUT2D eigenvalue weighted by atomic mass is 10.3. The summed E-state index contributed by atoms with van der Waals surface area (Å²) in [4.78, 5) is 11.7. The quantitative estimate of drug-likeness (QED) is 0.717. The van der Waals surface area contributed by atoms with E-state index in [2.05, 4.69) is 10.0 Å². The third-order valence-electron chi connectivity index (χ3n) is 3.12. The van der Waals surface area contributed by atoms with Gasteiger partial charge in [0.1, 0.15) is 11.5 Å². The van der Waals surface area contributed by atoms with E-state index < -0.39 is 10.0 Å². The lowest BCUT2D eigenvalue weighted by molar-refractivity contribution is -0.116. The van der Waals surface area contributed by atoms with Crippen LogP contribution in [0.4, 0.5) is 0 Å². The van der Waals surface area contributed by atoms with Gasteiger partial charge in [0, 0.05) is 12.6 Å². The van der Waals surface area contributed by atoms with Crippen molar-refractivity contribution in [2.45, 2.75) is 24.8 Å². The molecule has 2 N–H and O–H groups in total. The highest BCUT2D eigenvalue weighted by Gasteiger charge is 2.13. The van der Waals surface area contributed by atoms with Crippen LogP contribution < -0.4 is 10.0 Å². The van der Waals surface area contributed by atoms with Crippen molar-refractivity contribution in [3.8, 4) is 0 Å². The Bertz CT molecular complexity index is 795. The Morgan fingerprint density at radius 3 is 2.62 bits per heavy atom. The van der Waals surface area contributed by atoms with Gasteiger partial charge >= 0.3 is 0 Å². The van der Waals surface area contributed by atoms with E-state index in [-0.39, 0.29) is 17.3 Å². The van der Waals surface area contributed by atoms with Crippen molar-refractivity contribution in [3.63, 3.8) is 0 Å². The molecule has 2 rings (SSSR count). The molecule has 0 aliphatic heterocycles. The van der Waals surface area contributed by atoms with Gasteiger partial charge in [0.05, 0.1) is 11.4 Å². The van der Waals surface area contributed by atoms with Crippen LogP contribution in [0.5, 0.6) is 0 Å². The molecular formula is C17H20N2O4S. The van der Waals surface area contributed by atoms with Gasteiger partial charge in [-0.25, -0.2) is 13.1 Å². The Morgan fingerprint density at radius 2 is 1.92 bits per heavy atom. The molecule has 0 bridgehead atoms. The van der Waals surface area contributed by atoms with Crippen molar-refractivity contribution in [1.29, 1.82) is 0 Å². The molecule has 0 aliphatic carbocycles. The number of rotatable bonds is 8. The molecule has 0 unspecified atom stereocenters. The summed E-state index contributed by atoms with van der Waals surface area (Å²) in [5.74, 6) is 0.748. The molecule has 0 radical (unpaired) electrons. The Morgan fingerprint density at radius 1 is 1.17 bits per heavy atom. The monoisotopic (exact) mass is 348 g/mol. The summed E-state index contributed by atoms with van der Waals surface area (Å²) in [5, 5.41) is 2.71. The van der Waals surface area contributed by atoms with E-state index in [0.717, 1.165) is 6.42 Å². The number of nitrogens with one attached hydrogen (secondary N) is 2. The predicted octanol–water partition coefficient (Wildman–Crippen LogP) is 2.30. The highest BCUT2D eigenvalue weighted by molar-refractivity contribution is 7.89. The fourth-order valence-corrected chi connectivity index (χ4v) is 2.91. The molecule has 0 fully saturated rings. The lowest BCUT2D eigenvalue weighted by Crippen LogP contribution is -2.22. The standard InChI is InChI=1S/C17H20N2O4S/c1-2-12-18-17(20)11-10-14-8-9-15(23-14)13-19-24(21,22)16-6-4-3-5-7-16/h3-11,19H,2,12-13H2,1H3,(H,18,20)/b11-10+. The first-order valence-corrected chi connectivity index (χ1v) is 9.09. The van der Waals surface area contributed by atoms with Gasteiger partial charge in [-0.1, -0.05) is 25.1 Å². The summed E-state index contributed by atoms with van der Waals surface area (Å²) in [7, 11) is -3.58. The van der Waals surface area contributed by atoms with Crippen molar-refractivity contribution in [3.05, 3.63) is 60.1 Å². The largest absolute Gasteiger partial charge is 0.460 e. The van der Waals surface area contributed by atoms with Gasteiger partial charge in [-0.15, -0.1) is 0 Å². The van der Waals surface area contributed by atoms with Crippen molar-refractivity contribution in [2.24, 2.45) is 0 Å². The van der Waals surface area contributed by atoms with E-state index in [1.165, 1.54) is 18.2 Å². The molecular weight excluding hydrogens is 328 g/mol. The van der Waals surface area contributed by atoms with E-state index in [1.807, 2.05) is 6.92 Å². The summed E-state index contributed by atoms with van der Waals surface area (Å²) in [6.45, 7) is 2.63. The fraction of sp³-hybridized carbons (Fsp3) is 0.235. The average molecular weight is 348 g/mol. The van der Waals surface area contributed by atoms with E-state index in [0.29, 0.717) is 18.1 Å². The minimum Gasteiger partial charge on any atom is -0.460 e. The fourth-order valence-electron chi connectivity index (χ4n) is 1.89. The molecule has 0 atom stereocenters. The third kappa shape index (κ3) is 5.36. The third-order valence-corrected chi connectivity index (χ3v) is 4.54. The first kappa shape index (κ1) is 18.0. The van der Waals surface area contributed by atoms with Crippen LogP contribution in [-0.2, 0) is 21.4 Å². The predicted molar refractivity (Wildman–Crippen MR) is 91.5 cm³/mol. The van der Waals surface area contributed by atoms with Gasteiger partial charge in [0.25, 0.3) is 0 Å². The van der Waals surface area contributed by atoms with Gasteiger partial charge in [0.15, 0.2) is 0 Å². The van der Waals surface area contributed by atoms with Gasteiger partial charge in [-0.05, 0) is 36.8 Å². The number of carbonyl (C=O) groups is 1. The summed E-state index contributed by atoms with van der Waals surface area (Å²) < 4.78 is 32.2. The van der Waals surface area contributed by atoms with Gasteiger partial charge in [-0.2, -0.15) is 0 Å². The molecule has 7 heteroatoms. The Labute approximate surface area is 141 Å². The molecule has 2 aromatic rings. The van der Waals surface area contributed by atoms with E-state index >= 15 is 0 Å². The van der Waals surface area contributed by atoms with E-state index in [9.17, 15) is 13.2 Å². The highest BCUT2D eigenvalue weighted by Crippen LogP contribution is 2.12. The Kier molecular flexibility index (Phi) is 6.34. The molecule has 1 heterocycles. The molecule has 24 heavy (non-hydrogen) atoms. The maximum atomic E-state index is 12.1. The SMILES string of the molecule is CCCNC(=O)/C=C/c1ccc(CNS(=O)(=O)c2ccccc2)o1.